The van der Waals surface area contributed by atoms with E-state index in [0.717, 1.165) is 93.5 Å². The Morgan fingerprint density at radius 1 is 0.397 bits per heavy atom. The molecule has 404 valence electrons. The lowest BCUT2D eigenvalue weighted by Crippen LogP contribution is -2.69. The van der Waals surface area contributed by atoms with Crippen LogP contribution in [-0.4, -0.2) is 177 Å². The van der Waals surface area contributed by atoms with Gasteiger partial charge < -0.3 is 75.8 Å². The van der Waals surface area contributed by atoms with E-state index >= 15 is 0 Å². The molecule has 0 bridgehead atoms. The van der Waals surface area contributed by atoms with Crippen LogP contribution < -0.4 is 4.74 Å². The fourth-order valence-corrected chi connectivity index (χ4v) is 7.63. The molecule has 3 aliphatic heterocycles. The van der Waals surface area contributed by atoms with Crippen LogP contribution >= 0.6 is 0 Å². The molecule has 0 aliphatic carbocycles. The molecular formula is C44H55NO28. The van der Waals surface area contributed by atoms with Gasteiger partial charge in [-0.2, -0.15) is 0 Å². The van der Waals surface area contributed by atoms with E-state index in [0.29, 0.717) is 0 Å². The van der Waals surface area contributed by atoms with Gasteiger partial charge in [0.15, 0.2) is 55.3 Å². The highest BCUT2D eigenvalue weighted by molar-refractivity contribution is 5.70. The number of ether oxygens (including phenoxy) is 16. The van der Waals surface area contributed by atoms with E-state index in [2.05, 4.69) is 0 Å². The predicted octanol–water partition coefficient (Wildman–Crippen LogP) is 0.130. The maximum Gasteiger partial charge on any atom is 0.303 e. The van der Waals surface area contributed by atoms with Crippen molar-refractivity contribution in [3.8, 4) is 5.75 Å². The zero-order valence-corrected chi connectivity index (χ0v) is 41.0. The van der Waals surface area contributed by atoms with Gasteiger partial charge in [-0.05, 0) is 12.1 Å². The molecule has 3 heterocycles. The minimum atomic E-state index is -2.15. The summed E-state index contributed by atoms with van der Waals surface area (Å²) < 4.78 is 92.5. The molecule has 73 heavy (non-hydrogen) atoms. The summed E-state index contributed by atoms with van der Waals surface area (Å²) in [4.78, 5) is 137. The van der Waals surface area contributed by atoms with Gasteiger partial charge >= 0.3 is 59.7 Å². The number of benzene rings is 1. The molecule has 15 atom stereocenters. The first kappa shape index (κ1) is 58.5. The molecule has 0 spiro atoms. The largest absolute Gasteiger partial charge is 0.463 e. The number of hydrogen-bond acceptors (Lipinski definition) is 28. The molecule has 29 heteroatoms. The summed E-state index contributed by atoms with van der Waals surface area (Å²) >= 11 is 0. The van der Waals surface area contributed by atoms with Crippen molar-refractivity contribution in [3.63, 3.8) is 0 Å². The van der Waals surface area contributed by atoms with Crippen LogP contribution in [0.4, 0.5) is 5.69 Å². The quantitative estimate of drug-likeness (QED) is 0.0725. The summed E-state index contributed by atoms with van der Waals surface area (Å²) in [6.45, 7) is 7.48. The first-order valence-corrected chi connectivity index (χ1v) is 22.0. The van der Waals surface area contributed by atoms with Crippen molar-refractivity contribution in [2.24, 2.45) is 0 Å². The van der Waals surface area contributed by atoms with Crippen molar-refractivity contribution in [2.75, 3.05) is 19.8 Å². The summed E-state index contributed by atoms with van der Waals surface area (Å²) in [5.74, 6) is -10.0. The SMILES string of the molecule is CC(=O)OC[C@H]1O[C@@H](O[C@@H]2[C@@H](OC(C)=O)[C@H](O[C@H]3[C@@H](OC(C)=O)[C@@H](COC(C)=O)O[C@@H](Oc4ccc([N+](=O)[O-])cc4)[C@@H]3OC(C)=O)O[C@H](COC(C)=O)[C@H]2OC(C)=O)[C@H](OC(C)=O)[C@@H](OC(C)=O)[C@H]1OC(C)=O. The van der Waals surface area contributed by atoms with Crippen molar-refractivity contribution >= 4 is 65.4 Å². The van der Waals surface area contributed by atoms with Crippen LogP contribution in [0.1, 0.15) is 69.2 Å². The van der Waals surface area contributed by atoms with E-state index in [1.165, 1.54) is 0 Å². The van der Waals surface area contributed by atoms with E-state index < -0.39 is 177 Å². The number of nitro groups is 1. The number of carbonyl (C=O) groups is 10. The van der Waals surface area contributed by atoms with E-state index in [1.54, 1.807) is 0 Å². The first-order chi connectivity index (χ1) is 34.2. The molecule has 0 N–H and O–H groups in total. The summed E-state index contributed by atoms with van der Waals surface area (Å²) in [7, 11) is 0. The van der Waals surface area contributed by atoms with Crippen LogP contribution in [0.15, 0.2) is 24.3 Å². The molecule has 0 unspecified atom stereocenters. The highest BCUT2D eigenvalue weighted by atomic mass is 16.8. The minimum absolute atomic E-state index is 0.126. The van der Waals surface area contributed by atoms with Crippen LogP contribution in [0, 0.1) is 10.1 Å². The van der Waals surface area contributed by atoms with Gasteiger partial charge in [-0.25, -0.2) is 0 Å². The number of nitrogens with zero attached hydrogens (tertiary/aromatic N) is 1. The molecule has 1 aromatic rings. The second-order valence-electron chi connectivity index (χ2n) is 16.1. The standard InChI is InChI=1S/C44H55NO28/c1-18(46)58-15-30-33(61-21(4)49)36(64-24(7)52)39(65-25(8)53)43(70-30)73-38-35(63-23(6)51)32(17-60-20(3)48)71-44(41(38)67-27(10)55)72-37-34(62-22(5)50)31(16-59-19(2)47)69-42(40(37)66-26(9)54)68-29-13-11-28(12-14-29)45(56)57/h11-14,30-44H,15-17H2,1-10H3/t30-,31-,32-,33+,34+,35-,36+,37+,38+,39-,40-,41-,42-,43+,44+/m1/s1. The zero-order chi connectivity index (χ0) is 54.4. The van der Waals surface area contributed by atoms with Gasteiger partial charge in [0.05, 0.1) is 4.92 Å². The highest BCUT2D eigenvalue weighted by Gasteiger charge is 2.60. The third-order valence-corrected chi connectivity index (χ3v) is 10.1. The van der Waals surface area contributed by atoms with Crippen molar-refractivity contribution in [1.82, 2.24) is 0 Å². The summed E-state index contributed by atoms with van der Waals surface area (Å²) in [6.07, 6.45) is -28.1. The van der Waals surface area contributed by atoms with Gasteiger partial charge in [-0.15, -0.1) is 0 Å². The van der Waals surface area contributed by atoms with Gasteiger partial charge in [-0.3, -0.25) is 58.1 Å². The van der Waals surface area contributed by atoms with E-state index in [1.807, 2.05) is 0 Å². The molecule has 0 saturated carbocycles. The van der Waals surface area contributed by atoms with Gasteiger partial charge in [0.25, 0.3) is 5.69 Å². The maximum absolute atomic E-state index is 13.2. The second kappa shape index (κ2) is 26.6. The van der Waals surface area contributed by atoms with Crippen molar-refractivity contribution in [1.29, 1.82) is 0 Å². The lowest BCUT2D eigenvalue weighted by molar-refractivity contribution is -0.384. The Labute approximate surface area is 414 Å². The lowest BCUT2D eigenvalue weighted by atomic mass is 9.95. The zero-order valence-electron chi connectivity index (χ0n) is 41.0. The van der Waals surface area contributed by atoms with E-state index in [-0.39, 0.29) is 11.4 Å². The van der Waals surface area contributed by atoms with Gasteiger partial charge in [0.1, 0.15) is 56.1 Å². The summed E-state index contributed by atoms with van der Waals surface area (Å²) in [5, 5.41) is 11.4. The normalized spacial score (nSPS) is 29.6. The Morgan fingerprint density at radius 2 is 0.671 bits per heavy atom. The van der Waals surface area contributed by atoms with Crippen LogP contribution in [0.3, 0.4) is 0 Å². The molecule has 0 radical (unpaired) electrons. The second-order valence-corrected chi connectivity index (χ2v) is 16.1. The topological polar surface area (TPSA) is 362 Å². The Morgan fingerprint density at radius 3 is 0.986 bits per heavy atom. The highest BCUT2D eigenvalue weighted by Crippen LogP contribution is 2.39. The fourth-order valence-electron chi connectivity index (χ4n) is 7.63. The molecule has 0 aromatic heterocycles. The first-order valence-electron chi connectivity index (χ1n) is 22.0. The summed E-state index contributed by atoms with van der Waals surface area (Å²) in [6, 6.07) is 4.46. The van der Waals surface area contributed by atoms with Crippen LogP contribution in [0.2, 0.25) is 0 Å². The van der Waals surface area contributed by atoms with Gasteiger partial charge in [0.2, 0.25) is 6.29 Å². The number of nitro benzene ring substituents is 1. The molecule has 3 saturated heterocycles. The average Bonchev–Trinajstić information content (AvgIpc) is 3.26. The summed E-state index contributed by atoms with van der Waals surface area (Å²) in [5.41, 5.74) is -0.348. The van der Waals surface area contributed by atoms with Crippen LogP contribution in [-0.2, 0) is 119 Å². The molecule has 0 amide bonds. The van der Waals surface area contributed by atoms with Crippen LogP contribution in [0.5, 0.6) is 5.75 Å². The van der Waals surface area contributed by atoms with Gasteiger partial charge in [0, 0.05) is 81.4 Å². The number of hydrogen-bond donors (Lipinski definition) is 0. The molecule has 29 nitrogen and oxygen atoms in total. The number of rotatable bonds is 20. The molecule has 3 aliphatic rings. The smallest absolute Gasteiger partial charge is 0.303 e. The number of carbonyl (C=O) groups excluding carboxylic acids is 10. The van der Waals surface area contributed by atoms with Crippen molar-refractivity contribution < 1.29 is 129 Å². The Bertz CT molecular complexity index is 2200. The molecule has 4 rings (SSSR count). The minimum Gasteiger partial charge on any atom is -0.463 e. The Hall–Kier alpha value is -7.08. The Balaban J connectivity index is 1.99. The Kier molecular flexibility index (Phi) is 21.3. The molecule has 1 aromatic carbocycles. The van der Waals surface area contributed by atoms with Gasteiger partial charge in [-0.1, -0.05) is 0 Å². The van der Waals surface area contributed by atoms with E-state index in [4.69, 9.17) is 75.8 Å². The van der Waals surface area contributed by atoms with E-state index in [9.17, 15) is 58.1 Å². The van der Waals surface area contributed by atoms with Crippen LogP contribution in [0.25, 0.3) is 0 Å². The predicted molar refractivity (Wildman–Crippen MR) is 228 cm³/mol. The third-order valence-electron chi connectivity index (χ3n) is 10.1. The molecular weight excluding hydrogens is 990 g/mol. The van der Waals surface area contributed by atoms with Crippen molar-refractivity contribution in [3.05, 3.63) is 34.4 Å². The lowest BCUT2D eigenvalue weighted by Gasteiger charge is -2.50. The number of esters is 10. The van der Waals surface area contributed by atoms with Crippen molar-refractivity contribution in [2.45, 2.75) is 161 Å². The average molecular weight is 1050 g/mol. The maximum atomic E-state index is 13.2. The monoisotopic (exact) mass is 1050 g/mol. The third kappa shape index (κ3) is 17.3. The molecule has 3 fully saturated rings. The number of non-ortho nitro benzene ring substituents is 1. The fraction of sp³-hybridized carbons (Fsp3) is 0.636.